The fourth-order valence-electron chi connectivity index (χ4n) is 2.16. The third kappa shape index (κ3) is 1.97. The van der Waals surface area contributed by atoms with Crippen LogP contribution in [0.3, 0.4) is 0 Å². The van der Waals surface area contributed by atoms with E-state index < -0.39 is 0 Å². The molecular formula is C14H12N2O2. The minimum atomic E-state index is -0.147. The summed E-state index contributed by atoms with van der Waals surface area (Å²) in [5.74, 6) is 0.780. The summed E-state index contributed by atoms with van der Waals surface area (Å²) in [6.07, 6.45) is 5.24. The van der Waals surface area contributed by atoms with Crippen LogP contribution in [0.2, 0.25) is 0 Å². The molecule has 0 radical (unpaired) electrons. The molecule has 0 saturated carbocycles. The molecule has 4 nitrogen and oxygen atoms in total. The number of rotatable bonds is 2. The molecule has 1 atom stereocenters. The molecule has 0 fully saturated rings. The van der Waals surface area contributed by atoms with Gasteiger partial charge < -0.3 is 4.74 Å². The Kier molecular flexibility index (Phi) is 2.76. The van der Waals surface area contributed by atoms with Gasteiger partial charge in [0.05, 0.1) is 18.1 Å². The van der Waals surface area contributed by atoms with Crippen molar-refractivity contribution in [2.75, 3.05) is 6.61 Å². The van der Waals surface area contributed by atoms with Crippen LogP contribution in [-0.2, 0) is 6.42 Å². The van der Waals surface area contributed by atoms with Crippen LogP contribution in [0, 0.1) is 5.92 Å². The van der Waals surface area contributed by atoms with E-state index in [0.29, 0.717) is 18.6 Å². The minimum absolute atomic E-state index is 0.0464. The first-order chi connectivity index (χ1) is 8.84. The molecule has 0 amide bonds. The van der Waals surface area contributed by atoms with Gasteiger partial charge in [0.25, 0.3) is 0 Å². The molecule has 1 unspecified atom stereocenters. The molecule has 3 rings (SSSR count). The fourth-order valence-corrected chi connectivity index (χ4v) is 2.16. The highest BCUT2D eigenvalue weighted by Crippen LogP contribution is 2.28. The summed E-state index contributed by atoms with van der Waals surface area (Å²) in [5.41, 5.74) is 1.63. The first-order valence-electron chi connectivity index (χ1n) is 5.84. The molecule has 90 valence electrons. The van der Waals surface area contributed by atoms with Crippen molar-refractivity contribution in [2.45, 2.75) is 6.42 Å². The zero-order valence-electron chi connectivity index (χ0n) is 9.74. The quantitative estimate of drug-likeness (QED) is 0.752. The van der Waals surface area contributed by atoms with Crippen molar-refractivity contribution in [3.8, 4) is 5.75 Å². The number of carbonyl (C=O) groups is 1. The first-order valence-corrected chi connectivity index (χ1v) is 5.84. The maximum Gasteiger partial charge on any atom is 0.172 e. The lowest BCUT2D eigenvalue weighted by Crippen LogP contribution is -2.28. The van der Waals surface area contributed by atoms with Gasteiger partial charge in [-0.3, -0.25) is 4.79 Å². The second-order valence-electron chi connectivity index (χ2n) is 4.31. The number of aromatic nitrogens is 2. The summed E-state index contributed by atoms with van der Waals surface area (Å²) < 4.78 is 5.62. The summed E-state index contributed by atoms with van der Waals surface area (Å²) in [6, 6.07) is 7.82. The normalized spacial score (nSPS) is 17.7. The van der Waals surface area contributed by atoms with E-state index in [2.05, 4.69) is 9.97 Å². The standard InChI is InChI=1S/C14H12N2O2/c17-14(12-6-15-9-16-7-12)11-5-10-3-1-2-4-13(10)18-8-11/h1-4,6-7,9,11H,5,8H2. The molecule has 0 bridgehead atoms. The number of nitrogens with zero attached hydrogens (tertiary/aromatic N) is 2. The Hall–Kier alpha value is -2.23. The monoisotopic (exact) mass is 240 g/mol. The molecule has 1 aromatic heterocycles. The molecule has 1 aromatic carbocycles. The summed E-state index contributed by atoms with van der Waals surface area (Å²) in [7, 11) is 0. The highest BCUT2D eigenvalue weighted by Gasteiger charge is 2.26. The predicted octanol–water partition coefficient (Wildman–Crippen LogP) is 1.91. The smallest absolute Gasteiger partial charge is 0.172 e. The summed E-state index contributed by atoms with van der Waals surface area (Å²) in [4.78, 5) is 20.0. The number of benzene rings is 1. The minimum Gasteiger partial charge on any atom is -0.493 e. The number of para-hydroxylation sites is 1. The Balaban J connectivity index is 1.82. The maximum atomic E-state index is 12.2. The van der Waals surface area contributed by atoms with Gasteiger partial charge in [-0.1, -0.05) is 18.2 Å². The number of Topliss-reactive ketones (excluding diaryl/α,β-unsaturated/α-hetero) is 1. The largest absolute Gasteiger partial charge is 0.493 e. The van der Waals surface area contributed by atoms with Crippen molar-refractivity contribution in [2.24, 2.45) is 5.92 Å². The van der Waals surface area contributed by atoms with Gasteiger partial charge >= 0.3 is 0 Å². The van der Waals surface area contributed by atoms with Gasteiger partial charge in [0.15, 0.2) is 5.78 Å². The second-order valence-corrected chi connectivity index (χ2v) is 4.31. The Morgan fingerprint density at radius 2 is 2.00 bits per heavy atom. The molecule has 0 spiro atoms. The van der Waals surface area contributed by atoms with Crippen LogP contribution >= 0.6 is 0 Å². The molecular weight excluding hydrogens is 228 g/mol. The van der Waals surface area contributed by atoms with Crippen molar-refractivity contribution >= 4 is 5.78 Å². The summed E-state index contributed by atoms with van der Waals surface area (Å²) >= 11 is 0. The van der Waals surface area contributed by atoms with E-state index in [1.54, 1.807) is 12.4 Å². The van der Waals surface area contributed by atoms with Gasteiger partial charge in [-0.25, -0.2) is 9.97 Å². The molecule has 0 aliphatic carbocycles. The van der Waals surface area contributed by atoms with E-state index in [1.807, 2.05) is 24.3 Å². The Bertz CT molecular complexity index is 569. The molecule has 2 aromatic rings. The van der Waals surface area contributed by atoms with Crippen LogP contribution in [0.4, 0.5) is 0 Å². The first kappa shape index (κ1) is 10.9. The van der Waals surface area contributed by atoms with Gasteiger partial charge in [-0.05, 0) is 18.1 Å². The lowest BCUT2D eigenvalue weighted by Gasteiger charge is -2.24. The van der Waals surface area contributed by atoms with Crippen molar-refractivity contribution < 1.29 is 9.53 Å². The number of ketones is 1. The van der Waals surface area contributed by atoms with E-state index in [4.69, 9.17) is 4.74 Å². The van der Waals surface area contributed by atoms with Crippen molar-refractivity contribution in [3.05, 3.63) is 54.1 Å². The molecule has 2 heterocycles. The number of ether oxygens (including phenoxy) is 1. The highest BCUT2D eigenvalue weighted by atomic mass is 16.5. The summed E-state index contributed by atoms with van der Waals surface area (Å²) in [6.45, 7) is 0.421. The average Bonchev–Trinajstić information content (AvgIpc) is 2.47. The predicted molar refractivity (Wildman–Crippen MR) is 65.5 cm³/mol. The lowest BCUT2D eigenvalue weighted by molar-refractivity contribution is 0.0854. The van der Waals surface area contributed by atoms with E-state index >= 15 is 0 Å². The molecule has 4 heteroatoms. The molecule has 0 saturated heterocycles. The third-order valence-electron chi connectivity index (χ3n) is 3.09. The van der Waals surface area contributed by atoms with Crippen LogP contribution in [0.15, 0.2) is 43.0 Å². The third-order valence-corrected chi connectivity index (χ3v) is 3.09. The SMILES string of the molecule is O=C(c1cncnc1)C1COc2ccccc2C1. The second kappa shape index (κ2) is 4.56. The van der Waals surface area contributed by atoms with E-state index in [0.717, 1.165) is 11.3 Å². The number of hydrogen-bond donors (Lipinski definition) is 0. The molecule has 1 aliphatic rings. The van der Waals surface area contributed by atoms with E-state index in [1.165, 1.54) is 6.33 Å². The van der Waals surface area contributed by atoms with Crippen LogP contribution in [-0.4, -0.2) is 22.4 Å². The van der Waals surface area contributed by atoms with Crippen LogP contribution in [0.1, 0.15) is 15.9 Å². The number of fused-ring (bicyclic) bond motifs is 1. The topological polar surface area (TPSA) is 52.1 Å². The molecule has 18 heavy (non-hydrogen) atoms. The molecule has 0 N–H and O–H groups in total. The number of hydrogen-bond acceptors (Lipinski definition) is 4. The van der Waals surface area contributed by atoms with Crippen molar-refractivity contribution in [1.29, 1.82) is 0 Å². The van der Waals surface area contributed by atoms with Gasteiger partial charge in [0.1, 0.15) is 12.1 Å². The van der Waals surface area contributed by atoms with Gasteiger partial charge in [-0.15, -0.1) is 0 Å². The van der Waals surface area contributed by atoms with Crippen LogP contribution < -0.4 is 4.74 Å². The number of carbonyl (C=O) groups excluding carboxylic acids is 1. The zero-order valence-corrected chi connectivity index (χ0v) is 9.74. The summed E-state index contributed by atoms with van der Waals surface area (Å²) in [5, 5.41) is 0. The Morgan fingerprint density at radius 1 is 1.22 bits per heavy atom. The Morgan fingerprint density at radius 3 is 2.83 bits per heavy atom. The van der Waals surface area contributed by atoms with Crippen molar-refractivity contribution in [1.82, 2.24) is 9.97 Å². The van der Waals surface area contributed by atoms with Gasteiger partial charge in [-0.2, -0.15) is 0 Å². The van der Waals surface area contributed by atoms with Crippen LogP contribution in [0.25, 0.3) is 0 Å². The van der Waals surface area contributed by atoms with Crippen molar-refractivity contribution in [3.63, 3.8) is 0 Å². The van der Waals surface area contributed by atoms with Crippen LogP contribution in [0.5, 0.6) is 5.75 Å². The Labute approximate surface area is 105 Å². The van der Waals surface area contributed by atoms with E-state index in [-0.39, 0.29) is 11.7 Å². The van der Waals surface area contributed by atoms with Gasteiger partial charge in [0, 0.05) is 12.4 Å². The van der Waals surface area contributed by atoms with Gasteiger partial charge in [0.2, 0.25) is 0 Å². The highest BCUT2D eigenvalue weighted by molar-refractivity contribution is 5.97. The van der Waals surface area contributed by atoms with E-state index in [9.17, 15) is 4.79 Å². The average molecular weight is 240 g/mol. The zero-order chi connectivity index (χ0) is 12.4. The lowest BCUT2D eigenvalue weighted by atomic mass is 9.91. The maximum absolute atomic E-state index is 12.2. The fraction of sp³-hybridized carbons (Fsp3) is 0.214. The molecule has 1 aliphatic heterocycles.